The number of hydrogen-bond acceptors (Lipinski definition) is 4. The fourth-order valence-electron chi connectivity index (χ4n) is 1.32. The Hall–Kier alpha value is -1.20. The number of aromatic nitrogens is 2. The van der Waals surface area contributed by atoms with E-state index in [0.717, 1.165) is 16.2 Å². The molecule has 0 aliphatic carbocycles. The second kappa shape index (κ2) is 3.89. The average Bonchev–Trinajstić information content (AvgIpc) is 2.58. The fraction of sp³-hybridized carbons (Fsp3) is 0.222. The quantitative estimate of drug-likeness (QED) is 0.620. The Kier molecular flexibility index (Phi) is 2.60. The van der Waals surface area contributed by atoms with Crippen LogP contribution in [0.2, 0.25) is 0 Å². The molecule has 0 aliphatic rings. The van der Waals surface area contributed by atoms with E-state index in [9.17, 15) is 0 Å². The molecule has 2 aromatic rings. The van der Waals surface area contributed by atoms with Crippen LogP contribution >= 0.6 is 11.8 Å². The van der Waals surface area contributed by atoms with Crippen molar-refractivity contribution >= 4 is 23.0 Å². The summed E-state index contributed by atoms with van der Waals surface area (Å²) in [7, 11) is 1.59. The van der Waals surface area contributed by atoms with Crippen LogP contribution in [0.5, 0.6) is 0 Å². The summed E-state index contributed by atoms with van der Waals surface area (Å²) >= 11 is 1.59. The fourth-order valence-corrected chi connectivity index (χ4v) is 1.84. The Balaban J connectivity index is 2.61. The maximum atomic E-state index is 4.92. The first-order chi connectivity index (χ1) is 6.86. The van der Waals surface area contributed by atoms with Crippen molar-refractivity contribution in [3.05, 3.63) is 24.4 Å². The summed E-state index contributed by atoms with van der Waals surface area (Å²) < 4.78 is 1.83. The van der Waals surface area contributed by atoms with E-state index < -0.39 is 0 Å². The summed E-state index contributed by atoms with van der Waals surface area (Å²) in [5.41, 5.74) is 4.78. The van der Waals surface area contributed by atoms with Gasteiger partial charge in [0, 0.05) is 6.20 Å². The summed E-state index contributed by atoms with van der Waals surface area (Å²) in [6.45, 7) is 0. The smallest absolute Gasteiger partial charge is 0.144 e. The van der Waals surface area contributed by atoms with Gasteiger partial charge < -0.3 is 0 Å². The lowest BCUT2D eigenvalue weighted by molar-refractivity contribution is 0.270. The molecule has 5 heteroatoms. The molecular formula is C9H11N3OS. The summed E-state index contributed by atoms with van der Waals surface area (Å²) in [6, 6.07) is 5.91. The minimum Gasteiger partial charge on any atom is -0.279 e. The highest BCUT2D eigenvalue weighted by atomic mass is 32.2. The lowest BCUT2D eigenvalue weighted by atomic mass is 10.4. The van der Waals surface area contributed by atoms with Gasteiger partial charge in [-0.2, -0.15) is 5.10 Å². The number of thioether (sulfide) groups is 1. The molecule has 74 valence electrons. The molecule has 2 aromatic heterocycles. The molecule has 0 unspecified atom stereocenters. The van der Waals surface area contributed by atoms with Gasteiger partial charge in [-0.15, -0.1) is 11.8 Å². The summed E-state index contributed by atoms with van der Waals surface area (Å²) in [6.07, 6.45) is 3.90. The van der Waals surface area contributed by atoms with Gasteiger partial charge in [0.2, 0.25) is 0 Å². The predicted molar refractivity (Wildman–Crippen MR) is 57.6 cm³/mol. The van der Waals surface area contributed by atoms with Crippen LogP contribution in [0.25, 0.3) is 5.52 Å². The molecule has 0 saturated heterocycles. The highest BCUT2D eigenvalue weighted by Crippen LogP contribution is 2.28. The molecule has 0 bridgehead atoms. The molecule has 0 amide bonds. The summed E-state index contributed by atoms with van der Waals surface area (Å²) in [4.78, 5) is 4.92. The molecule has 2 heterocycles. The molecule has 14 heavy (non-hydrogen) atoms. The highest BCUT2D eigenvalue weighted by molar-refractivity contribution is 7.98. The maximum Gasteiger partial charge on any atom is 0.144 e. The van der Waals surface area contributed by atoms with Crippen LogP contribution < -0.4 is 5.48 Å². The van der Waals surface area contributed by atoms with Gasteiger partial charge in [0.1, 0.15) is 10.7 Å². The van der Waals surface area contributed by atoms with Gasteiger partial charge in [0.15, 0.2) is 0 Å². The summed E-state index contributed by atoms with van der Waals surface area (Å²) in [5, 5.41) is 5.32. The number of rotatable bonds is 3. The Labute approximate surface area is 86.2 Å². The first-order valence-corrected chi connectivity index (χ1v) is 5.39. The van der Waals surface area contributed by atoms with Crippen LogP contribution in [0.4, 0.5) is 5.69 Å². The van der Waals surface area contributed by atoms with Gasteiger partial charge in [-0.3, -0.25) is 10.3 Å². The minimum absolute atomic E-state index is 0.917. The average molecular weight is 209 g/mol. The van der Waals surface area contributed by atoms with E-state index in [1.54, 1.807) is 18.9 Å². The highest BCUT2D eigenvalue weighted by Gasteiger charge is 2.10. The second-order valence-corrected chi connectivity index (χ2v) is 3.52. The molecule has 0 radical (unpaired) electrons. The third-order valence-corrected chi connectivity index (χ3v) is 2.58. The van der Waals surface area contributed by atoms with Crippen molar-refractivity contribution in [2.24, 2.45) is 0 Å². The van der Waals surface area contributed by atoms with E-state index in [4.69, 9.17) is 4.84 Å². The molecule has 0 aromatic carbocycles. The zero-order valence-electron chi connectivity index (χ0n) is 8.02. The van der Waals surface area contributed by atoms with Gasteiger partial charge in [-0.25, -0.2) is 4.52 Å². The Morgan fingerprint density at radius 2 is 2.36 bits per heavy atom. The van der Waals surface area contributed by atoms with Gasteiger partial charge in [0.05, 0.1) is 12.6 Å². The Morgan fingerprint density at radius 3 is 3.07 bits per heavy atom. The molecule has 4 nitrogen and oxygen atoms in total. The zero-order chi connectivity index (χ0) is 9.97. The van der Waals surface area contributed by atoms with Crippen molar-refractivity contribution < 1.29 is 4.84 Å². The van der Waals surface area contributed by atoms with Crippen LogP contribution in [0.15, 0.2) is 29.4 Å². The van der Waals surface area contributed by atoms with E-state index in [2.05, 4.69) is 10.6 Å². The van der Waals surface area contributed by atoms with E-state index in [0.29, 0.717) is 0 Å². The normalized spacial score (nSPS) is 10.7. The van der Waals surface area contributed by atoms with Gasteiger partial charge in [-0.1, -0.05) is 6.07 Å². The Morgan fingerprint density at radius 1 is 1.50 bits per heavy atom. The van der Waals surface area contributed by atoms with Crippen LogP contribution in [0.1, 0.15) is 0 Å². The van der Waals surface area contributed by atoms with Crippen LogP contribution in [-0.4, -0.2) is 23.0 Å². The monoisotopic (exact) mass is 209 g/mol. The van der Waals surface area contributed by atoms with Crippen molar-refractivity contribution in [3.8, 4) is 0 Å². The van der Waals surface area contributed by atoms with Crippen LogP contribution in [0, 0.1) is 0 Å². The first kappa shape index (κ1) is 9.36. The van der Waals surface area contributed by atoms with E-state index >= 15 is 0 Å². The molecule has 1 N–H and O–H groups in total. The number of nitrogens with one attached hydrogen (secondary N) is 1. The molecule has 0 atom stereocenters. The third kappa shape index (κ3) is 1.44. The van der Waals surface area contributed by atoms with Gasteiger partial charge >= 0.3 is 0 Å². The minimum atomic E-state index is 0.917. The first-order valence-electron chi connectivity index (χ1n) is 4.17. The summed E-state index contributed by atoms with van der Waals surface area (Å²) in [5.74, 6) is 0. The van der Waals surface area contributed by atoms with Crippen molar-refractivity contribution in [1.82, 2.24) is 9.61 Å². The molecule has 0 aliphatic heterocycles. The van der Waals surface area contributed by atoms with Crippen molar-refractivity contribution in [3.63, 3.8) is 0 Å². The van der Waals surface area contributed by atoms with Crippen molar-refractivity contribution in [1.29, 1.82) is 0 Å². The SMILES string of the molecule is CONc1c(SC)nn2ccccc12. The molecule has 2 rings (SSSR count). The lowest BCUT2D eigenvalue weighted by Crippen LogP contribution is -1.95. The van der Waals surface area contributed by atoms with Crippen molar-refractivity contribution in [2.45, 2.75) is 5.03 Å². The largest absolute Gasteiger partial charge is 0.279 e. The van der Waals surface area contributed by atoms with E-state index in [-0.39, 0.29) is 0 Å². The number of hydrogen-bond donors (Lipinski definition) is 1. The number of fused-ring (bicyclic) bond motifs is 1. The van der Waals surface area contributed by atoms with Gasteiger partial charge in [-0.05, 0) is 18.4 Å². The standard InChI is InChI=1S/C9H11N3OS/c1-13-11-8-7-5-3-4-6-12(7)10-9(8)14-2/h3-6,11H,1-2H3. The molecular weight excluding hydrogens is 198 g/mol. The van der Waals surface area contributed by atoms with Crippen LogP contribution in [0.3, 0.4) is 0 Å². The number of anilines is 1. The van der Waals surface area contributed by atoms with Gasteiger partial charge in [0.25, 0.3) is 0 Å². The van der Waals surface area contributed by atoms with E-state index in [1.807, 2.05) is 35.2 Å². The van der Waals surface area contributed by atoms with Crippen LogP contribution in [-0.2, 0) is 4.84 Å². The Bertz CT molecular complexity index is 441. The zero-order valence-corrected chi connectivity index (χ0v) is 8.84. The molecule has 0 saturated carbocycles. The maximum absolute atomic E-state index is 4.92. The van der Waals surface area contributed by atoms with E-state index in [1.165, 1.54) is 0 Å². The lowest BCUT2D eigenvalue weighted by Gasteiger charge is -2.01. The number of pyridine rings is 1. The predicted octanol–water partition coefficient (Wildman–Crippen LogP) is 2.03. The molecule has 0 spiro atoms. The molecule has 0 fully saturated rings. The van der Waals surface area contributed by atoms with Crippen molar-refractivity contribution in [2.75, 3.05) is 18.8 Å². The number of nitrogens with zero attached hydrogens (tertiary/aromatic N) is 2. The second-order valence-electron chi connectivity index (χ2n) is 2.72. The topological polar surface area (TPSA) is 38.6 Å². The third-order valence-electron chi connectivity index (χ3n) is 1.91.